The highest BCUT2D eigenvalue weighted by Gasteiger charge is 2.33. The minimum atomic E-state index is -3.34. The lowest BCUT2D eigenvalue weighted by Gasteiger charge is -2.15. The molecule has 2 aromatic rings. The smallest absolute Gasteiger partial charge is 0.209 e. The van der Waals surface area contributed by atoms with E-state index in [9.17, 15) is 13.5 Å². The summed E-state index contributed by atoms with van der Waals surface area (Å²) < 4.78 is 27.0. The first-order valence-electron chi connectivity index (χ1n) is 7.41. The van der Waals surface area contributed by atoms with E-state index in [1.807, 2.05) is 24.8 Å². The normalized spacial score (nSPS) is 23.0. The van der Waals surface area contributed by atoms with Crippen LogP contribution in [-0.2, 0) is 16.6 Å². The molecule has 2 N–H and O–H groups in total. The summed E-state index contributed by atoms with van der Waals surface area (Å²) in [5, 5.41) is 14.4. The molecule has 0 spiro atoms. The van der Waals surface area contributed by atoms with Gasteiger partial charge in [-0.25, -0.2) is 22.6 Å². The Morgan fingerprint density at radius 2 is 2.13 bits per heavy atom. The maximum atomic E-state index is 11.3. The van der Waals surface area contributed by atoms with Gasteiger partial charge in [0.05, 0.1) is 24.6 Å². The molecular formula is C14H21N5O3S. The van der Waals surface area contributed by atoms with Crippen LogP contribution in [0.5, 0.6) is 0 Å². The molecule has 0 bridgehead atoms. The third kappa shape index (κ3) is 3.52. The first-order chi connectivity index (χ1) is 10.7. The van der Waals surface area contributed by atoms with Crippen molar-refractivity contribution in [3.05, 3.63) is 29.2 Å². The summed E-state index contributed by atoms with van der Waals surface area (Å²) in [5.41, 5.74) is 3.70. The SMILES string of the molecule is Cc1cc(C)n2ncc(CN3C[C@@H](O)[C@H](NS(C)(=O)=O)C3)c2n1. The van der Waals surface area contributed by atoms with E-state index in [0.29, 0.717) is 19.6 Å². The van der Waals surface area contributed by atoms with E-state index < -0.39 is 22.2 Å². The molecule has 2 atom stereocenters. The summed E-state index contributed by atoms with van der Waals surface area (Å²) in [4.78, 5) is 6.54. The molecule has 1 fully saturated rings. The van der Waals surface area contributed by atoms with Crippen molar-refractivity contribution in [2.75, 3.05) is 19.3 Å². The van der Waals surface area contributed by atoms with Crippen molar-refractivity contribution < 1.29 is 13.5 Å². The number of β-amino-alcohol motifs (C(OH)–C–C–N with tert-alkyl or cyclic N) is 1. The number of fused-ring (bicyclic) bond motifs is 1. The second kappa shape index (κ2) is 5.82. The number of nitrogens with zero attached hydrogens (tertiary/aromatic N) is 4. The predicted molar refractivity (Wildman–Crippen MR) is 85.5 cm³/mol. The first-order valence-corrected chi connectivity index (χ1v) is 9.30. The van der Waals surface area contributed by atoms with E-state index in [4.69, 9.17) is 0 Å². The van der Waals surface area contributed by atoms with Crippen LogP contribution in [0.25, 0.3) is 5.65 Å². The molecular weight excluding hydrogens is 318 g/mol. The maximum Gasteiger partial charge on any atom is 0.209 e. The van der Waals surface area contributed by atoms with Gasteiger partial charge in [-0.2, -0.15) is 5.10 Å². The standard InChI is InChI=1S/C14H21N5O3S/c1-9-4-10(2)19-14(16-9)11(5-15-19)6-18-7-12(13(20)8-18)17-23(3,21)22/h4-5,12-13,17,20H,6-8H2,1-3H3/t12-,13-/m1/s1. The molecule has 2 aromatic heterocycles. The molecule has 1 aliphatic heterocycles. The number of hydrogen-bond donors (Lipinski definition) is 2. The number of sulfonamides is 1. The van der Waals surface area contributed by atoms with Crippen LogP contribution in [0.3, 0.4) is 0 Å². The van der Waals surface area contributed by atoms with Crippen molar-refractivity contribution >= 4 is 15.7 Å². The number of likely N-dealkylation sites (tertiary alicyclic amines) is 1. The second-order valence-electron chi connectivity index (χ2n) is 6.20. The summed E-state index contributed by atoms with van der Waals surface area (Å²) in [5.74, 6) is 0. The number of hydrogen-bond acceptors (Lipinski definition) is 6. The molecule has 1 saturated heterocycles. The van der Waals surface area contributed by atoms with Crippen LogP contribution >= 0.6 is 0 Å². The molecule has 3 rings (SSSR count). The molecule has 23 heavy (non-hydrogen) atoms. The predicted octanol–water partition coefficient (Wildman–Crippen LogP) is -0.560. The number of aliphatic hydroxyl groups excluding tert-OH is 1. The molecule has 8 nitrogen and oxygen atoms in total. The van der Waals surface area contributed by atoms with Gasteiger partial charge in [-0.1, -0.05) is 0 Å². The molecule has 0 radical (unpaired) electrons. The summed E-state index contributed by atoms with van der Waals surface area (Å²) in [7, 11) is -3.34. The van der Waals surface area contributed by atoms with Gasteiger partial charge in [-0.15, -0.1) is 0 Å². The first kappa shape index (κ1) is 16.3. The summed E-state index contributed by atoms with van der Waals surface area (Å²) in [6, 6.07) is 1.48. The Balaban J connectivity index is 1.78. The van der Waals surface area contributed by atoms with Crippen molar-refractivity contribution in [3.8, 4) is 0 Å². The fourth-order valence-corrected chi connectivity index (χ4v) is 3.84. The highest BCUT2D eigenvalue weighted by atomic mass is 32.2. The minimum Gasteiger partial charge on any atom is -0.390 e. The van der Waals surface area contributed by atoms with Crippen LogP contribution in [-0.4, -0.2) is 64.5 Å². The van der Waals surface area contributed by atoms with Gasteiger partial charge in [0, 0.05) is 36.6 Å². The van der Waals surface area contributed by atoms with Gasteiger partial charge < -0.3 is 5.11 Å². The van der Waals surface area contributed by atoms with Crippen LogP contribution in [0, 0.1) is 13.8 Å². The third-order valence-corrected chi connectivity index (χ3v) is 4.71. The van der Waals surface area contributed by atoms with E-state index in [1.54, 1.807) is 10.7 Å². The summed E-state index contributed by atoms with van der Waals surface area (Å²) >= 11 is 0. The van der Waals surface area contributed by atoms with E-state index in [-0.39, 0.29) is 0 Å². The Morgan fingerprint density at radius 3 is 2.83 bits per heavy atom. The molecule has 0 amide bonds. The van der Waals surface area contributed by atoms with Gasteiger partial charge in [0.15, 0.2) is 5.65 Å². The van der Waals surface area contributed by atoms with Gasteiger partial charge in [0.2, 0.25) is 10.0 Å². The Kier molecular flexibility index (Phi) is 4.13. The molecule has 0 unspecified atom stereocenters. The van der Waals surface area contributed by atoms with Gasteiger partial charge >= 0.3 is 0 Å². The molecule has 0 aromatic carbocycles. The van der Waals surface area contributed by atoms with Gasteiger partial charge in [0.25, 0.3) is 0 Å². The van der Waals surface area contributed by atoms with Crippen LogP contribution in [0.15, 0.2) is 12.3 Å². The van der Waals surface area contributed by atoms with E-state index >= 15 is 0 Å². The number of aliphatic hydroxyl groups is 1. The minimum absolute atomic E-state index is 0.412. The topological polar surface area (TPSA) is 99.8 Å². The van der Waals surface area contributed by atoms with Crippen molar-refractivity contribution in [3.63, 3.8) is 0 Å². The van der Waals surface area contributed by atoms with Crippen LogP contribution in [0.4, 0.5) is 0 Å². The Morgan fingerprint density at radius 1 is 1.39 bits per heavy atom. The van der Waals surface area contributed by atoms with Crippen LogP contribution in [0.2, 0.25) is 0 Å². The Labute approximate surface area is 135 Å². The Hall–Kier alpha value is -1.55. The van der Waals surface area contributed by atoms with Crippen LogP contribution in [0.1, 0.15) is 17.0 Å². The highest BCUT2D eigenvalue weighted by molar-refractivity contribution is 7.88. The fraction of sp³-hybridized carbons (Fsp3) is 0.571. The van der Waals surface area contributed by atoms with Gasteiger partial charge in [-0.3, -0.25) is 4.90 Å². The number of aryl methyl sites for hydroxylation is 2. The van der Waals surface area contributed by atoms with E-state index in [1.165, 1.54) is 0 Å². The zero-order valence-electron chi connectivity index (χ0n) is 13.4. The van der Waals surface area contributed by atoms with Crippen molar-refractivity contribution in [2.24, 2.45) is 0 Å². The van der Waals surface area contributed by atoms with E-state index in [0.717, 1.165) is 28.9 Å². The number of nitrogens with one attached hydrogen (secondary N) is 1. The zero-order chi connectivity index (χ0) is 16.8. The zero-order valence-corrected chi connectivity index (χ0v) is 14.2. The lowest BCUT2D eigenvalue weighted by molar-refractivity contribution is 0.160. The fourth-order valence-electron chi connectivity index (χ4n) is 3.05. The third-order valence-electron chi connectivity index (χ3n) is 3.98. The summed E-state index contributed by atoms with van der Waals surface area (Å²) in [6.07, 6.45) is 2.16. The molecule has 1 aliphatic rings. The lowest BCUT2D eigenvalue weighted by Crippen LogP contribution is -2.42. The van der Waals surface area contributed by atoms with Crippen molar-refractivity contribution in [2.45, 2.75) is 32.5 Å². The van der Waals surface area contributed by atoms with Crippen molar-refractivity contribution in [1.29, 1.82) is 0 Å². The monoisotopic (exact) mass is 339 g/mol. The quantitative estimate of drug-likeness (QED) is 0.775. The molecule has 3 heterocycles. The average molecular weight is 339 g/mol. The second-order valence-corrected chi connectivity index (χ2v) is 7.98. The molecule has 0 aliphatic carbocycles. The van der Waals surface area contributed by atoms with Gasteiger partial charge in [-0.05, 0) is 19.9 Å². The summed E-state index contributed by atoms with van der Waals surface area (Å²) in [6.45, 7) is 5.35. The van der Waals surface area contributed by atoms with E-state index in [2.05, 4.69) is 14.8 Å². The molecule has 126 valence electrons. The molecule has 9 heteroatoms. The average Bonchev–Trinajstić information content (AvgIpc) is 2.93. The number of aromatic nitrogens is 3. The van der Waals surface area contributed by atoms with Crippen LogP contribution < -0.4 is 4.72 Å². The highest BCUT2D eigenvalue weighted by Crippen LogP contribution is 2.18. The number of rotatable bonds is 4. The van der Waals surface area contributed by atoms with Crippen molar-refractivity contribution in [1.82, 2.24) is 24.2 Å². The lowest BCUT2D eigenvalue weighted by atomic mass is 10.2. The Bertz CT molecular complexity index is 832. The largest absolute Gasteiger partial charge is 0.390 e. The van der Waals surface area contributed by atoms with Gasteiger partial charge in [0.1, 0.15) is 0 Å². The molecule has 0 saturated carbocycles. The maximum absolute atomic E-state index is 11.3.